The number of amides is 1. The third-order valence-electron chi connectivity index (χ3n) is 4.16. The van der Waals surface area contributed by atoms with E-state index in [-0.39, 0.29) is 5.91 Å². The van der Waals surface area contributed by atoms with E-state index >= 15 is 0 Å². The van der Waals surface area contributed by atoms with Gasteiger partial charge in [-0.05, 0) is 39.2 Å². The average Bonchev–Trinajstić information content (AvgIpc) is 3.21. The summed E-state index contributed by atoms with van der Waals surface area (Å²) >= 11 is 0. The molecule has 5 nitrogen and oxygen atoms in total. The standard InChI is InChI=1S/C16H28N4O/c1-11(2)8-17-9-15-12(3)18-20(13(15)4)10-16(21)19(5)14-6-7-14/h11,14,17H,6-10H2,1-5H3. The first kappa shape index (κ1) is 16.0. The van der Waals surface area contributed by atoms with E-state index in [9.17, 15) is 4.79 Å². The smallest absolute Gasteiger partial charge is 0.244 e. The van der Waals surface area contributed by atoms with Crippen LogP contribution < -0.4 is 5.32 Å². The van der Waals surface area contributed by atoms with Crippen molar-refractivity contribution in [3.8, 4) is 0 Å². The summed E-state index contributed by atoms with van der Waals surface area (Å²) in [5.74, 6) is 0.791. The Balaban J connectivity index is 1.98. The summed E-state index contributed by atoms with van der Waals surface area (Å²) in [6.07, 6.45) is 2.29. The molecule has 2 rings (SSSR count). The van der Waals surface area contributed by atoms with Crippen LogP contribution in [0.4, 0.5) is 0 Å². The van der Waals surface area contributed by atoms with Crippen LogP contribution >= 0.6 is 0 Å². The highest BCUT2D eigenvalue weighted by Gasteiger charge is 2.29. The lowest BCUT2D eigenvalue weighted by Gasteiger charge is -2.16. The highest BCUT2D eigenvalue weighted by atomic mass is 16.2. The van der Waals surface area contributed by atoms with Crippen molar-refractivity contribution in [2.24, 2.45) is 5.92 Å². The fraction of sp³-hybridized carbons (Fsp3) is 0.750. The molecule has 1 aliphatic carbocycles. The Morgan fingerprint density at radius 1 is 1.43 bits per heavy atom. The van der Waals surface area contributed by atoms with Crippen molar-refractivity contribution in [3.05, 3.63) is 17.0 Å². The number of aromatic nitrogens is 2. The first-order valence-corrected chi connectivity index (χ1v) is 7.89. The molecule has 0 saturated heterocycles. The monoisotopic (exact) mass is 292 g/mol. The lowest BCUT2D eigenvalue weighted by atomic mass is 10.2. The van der Waals surface area contributed by atoms with Gasteiger partial charge in [-0.2, -0.15) is 5.10 Å². The Bertz CT molecular complexity index is 503. The number of likely N-dealkylation sites (N-methyl/N-ethyl adjacent to an activating group) is 1. The molecule has 21 heavy (non-hydrogen) atoms. The normalized spacial score (nSPS) is 14.8. The molecule has 0 atom stereocenters. The van der Waals surface area contributed by atoms with E-state index in [1.165, 1.54) is 5.56 Å². The number of hydrogen-bond acceptors (Lipinski definition) is 3. The molecule has 1 aromatic heterocycles. The lowest BCUT2D eigenvalue weighted by molar-refractivity contribution is -0.131. The number of nitrogens with zero attached hydrogens (tertiary/aromatic N) is 3. The SMILES string of the molecule is Cc1nn(CC(=O)N(C)C2CC2)c(C)c1CNCC(C)C. The fourth-order valence-corrected chi connectivity index (χ4v) is 2.53. The highest BCUT2D eigenvalue weighted by molar-refractivity contribution is 5.76. The van der Waals surface area contributed by atoms with Crippen LogP contribution in [0.25, 0.3) is 0 Å². The second-order valence-electron chi connectivity index (χ2n) is 6.57. The molecule has 1 heterocycles. The van der Waals surface area contributed by atoms with Gasteiger partial charge in [0.1, 0.15) is 6.54 Å². The maximum absolute atomic E-state index is 12.2. The second-order valence-corrected chi connectivity index (χ2v) is 6.57. The third-order valence-corrected chi connectivity index (χ3v) is 4.16. The van der Waals surface area contributed by atoms with E-state index in [2.05, 4.69) is 31.2 Å². The Morgan fingerprint density at radius 3 is 2.67 bits per heavy atom. The lowest BCUT2D eigenvalue weighted by Crippen LogP contribution is -2.32. The predicted molar refractivity (Wildman–Crippen MR) is 84.0 cm³/mol. The van der Waals surface area contributed by atoms with Crippen LogP contribution in [0, 0.1) is 19.8 Å². The van der Waals surface area contributed by atoms with Gasteiger partial charge in [0, 0.05) is 30.9 Å². The molecule has 118 valence electrons. The minimum atomic E-state index is 0.157. The highest BCUT2D eigenvalue weighted by Crippen LogP contribution is 2.25. The van der Waals surface area contributed by atoms with E-state index in [0.29, 0.717) is 18.5 Å². The van der Waals surface area contributed by atoms with Crippen LogP contribution in [0.3, 0.4) is 0 Å². The molecule has 0 bridgehead atoms. The Labute approximate surface area is 127 Å². The van der Waals surface area contributed by atoms with Crippen molar-refractivity contribution in [2.45, 2.75) is 59.7 Å². The molecule has 0 unspecified atom stereocenters. The van der Waals surface area contributed by atoms with Crippen molar-refractivity contribution in [1.29, 1.82) is 0 Å². The van der Waals surface area contributed by atoms with Gasteiger partial charge in [0.05, 0.1) is 5.69 Å². The van der Waals surface area contributed by atoms with Gasteiger partial charge in [0.25, 0.3) is 0 Å². The van der Waals surface area contributed by atoms with Crippen molar-refractivity contribution < 1.29 is 4.79 Å². The van der Waals surface area contributed by atoms with Crippen LogP contribution in [0.1, 0.15) is 43.6 Å². The molecule has 0 radical (unpaired) electrons. The first-order valence-electron chi connectivity index (χ1n) is 7.89. The summed E-state index contributed by atoms with van der Waals surface area (Å²) in [6.45, 7) is 10.6. The largest absolute Gasteiger partial charge is 0.341 e. The average molecular weight is 292 g/mol. The molecule has 0 aromatic carbocycles. The molecule has 5 heteroatoms. The van der Waals surface area contributed by atoms with Crippen LogP contribution in [0.5, 0.6) is 0 Å². The van der Waals surface area contributed by atoms with Crippen molar-refractivity contribution >= 4 is 5.91 Å². The van der Waals surface area contributed by atoms with Crippen LogP contribution in [-0.2, 0) is 17.9 Å². The van der Waals surface area contributed by atoms with Crippen molar-refractivity contribution in [1.82, 2.24) is 20.0 Å². The molecule has 0 aliphatic heterocycles. The molecular formula is C16H28N4O. The van der Waals surface area contributed by atoms with Crippen LogP contribution in [-0.4, -0.2) is 40.2 Å². The van der Waals surface area contributed by atoms with Crippen molar-refractivity contribution in [2.75, 3.05) is 13.6 Å². The van der Waals surface area contributed by atoms with Gasteiger partial charge in [-0.25, -0.2) is 0 Å². The van der Waals surface area contributed by atoms with Gasteiger partial charge in [-0.1, -0.05) is 13.8 Å². The molecule has 1 N–H and O–H groups in total. The summed E-state index contributed by atoms with van der Waals surface area (Å²) in [7, 11) is 1.90. The summed E-state index contributed by atoms with van der Waals surface area (Å²) in [5, 5.41) is 7.99. The van der Waals surface area contributed by atoms with E-state index in [0.717, 1.165) is 37.3 Å². The van der Waals surface area contributed by atoms with Gasteiger partial charge in [-0.3, -0.25) is 9.48 Å². The fourth-order valence-electron chi connectivity index (χ4n) is 2.53. The summed E-state index contributed by atoms with van der Waals surface area (Å²) in [6, 6.07) is 0.460. The number of hydrogen-bond donors (Lipinski definition) is 1. The number of rotatable bonds is 7. The molecule has 1 saturated carbocycles. The maximum Gasteiger partial charge on any atom is 0.244 e. The molecule has 0 spiro atoms. The quantitative estimate of drug-likeness (QED) is 0.834. The number of carbonyl (C=O) groups excluding carboxylic acids is 1. The summed E-state index contributed by atoms with van der Waals surface area (Å²) < 4.78 is 1.85. The van der Waals surface area contributed by atoms with Crippen molar-refractivity contribution in [3.63, 3.8) is 0 Å². The minimum Gasteiger partial charge on any atom is -0.341 e. The van der Waals surface area contributed by atoms with Crippen LogP contribution in [0.15, 0.2) is 0 Å². The molecule has 1 fully saturated rings. The van der Waals surface area contributed by atoms with Gasteiger partial charge in [0.2, 0.25) is 5.91 Å². The number of nitrogens with one attached hydrogen (secondary N) is 1. The van der Waals surface area contributed by atoms with E-state index in [4.69, 9.17) is 0 Å². The third kappa shape index (κ3) is 4.06. The minimum absolute atomic E-state index is 0.157. The molecule has 1 aliphatic rings. The molecule has 1 aromatic rings. The Morgan fingerprint density at radius 2 is 2.10 bits per heavy atom. The van der Waals surface area contributed by atoms with E-state index < -0.39 is 0 Å². The Kier molecular flexibility index (Phi) is 5.04. The topological polar surface area (TPSA) is 50.2 Å². The van der Waals surface area contributed by atoms with Gasteiger partial charge < -0.3 is 10.2 Å². The predicted octanol–water partition coefficient (Wildman–Crippen LogP) is 1.87. The van der Waals surface area contributed by atoms with E-state index in [1.54, 1.807) is 0 Å². The second kappa shape index (κ2) is 6.60. The number of carbonyl (C=O) groups is 1. The maximum atomic E-state index is 12.2. The molecule has 1 amide bonds. The van der Waals surface area contributed by atoms with E-state index in [1.807, 2.05) is 23.6 Å². The summed E-state index contributed by atoms with van der Waals surface area (Å²) in [5.41, 5.74) is 3.34. The Hall–Kier alpha value is -1.36. The zero-order valence-electron chi connectivity index (χ0n) is 13.9. The zero-order chi connectivity index (χ0) is 15.6. The summed E-state index contributed by atoms with van der Waals surface area (Å²) in [4.78, 5) is 14.1. The van der Waals surface area contributed by atoms with Crippen LogP contribution in [0.2, 0.25) is 0 Å². The first-order chi connectivity index (χ1) is 9.90. The van der Waals surface area contributed by atoms with Gasteiger partial charge in [-0.15, -0.1) is 0 Å². The molecular weight excluding hydrogens is 264 g/mol. The number of aryl methyl sites for hydroxylation is 1. The van der Waals surface area contributed by atoms with Gasteiger partial charge >= 0.3 is 0 Å². The van der Waals surface area contributed by atoms with Gasteiger partial charge in [0.15, 0.2) is 0 Å². The zero-order valence-corrected chi connectivity index (χ0v) is 13.9.